The Morgan fingerprint density at radius 3 is 2.73 bits per heavy atom. The first kappa shape index (κ1) is 32.6. The number of benzene rings is 2. The minimum Gasteiger partial charge on any atom is -0.487 e. The Bertz CT molecular complexity index is 1510. The predicted octanol–water partition coefficient (Wildman–Crippen LogP) is 6.83. The van der Waals surface area contributed by atoms with Crippen molar-refractivity contribution in [1.29, 1.82) is 0 Å². The van der Waals surface area contributed by atoms with E-state index >= 15 is 0 Å². The molecule has 0 spiro atoms. The summed E-state index contributed by atoms with van der Waals surface area (Å²) in [6.07, 6.45) is 12.0. The lowest BCUT2D eigenvalue weighted by molar-refractivity contribution is -0.0498. The predicted molar refractivity (Wildman–Crippen MR) is 177 cm³/mol. The van der Waals surface area contributed by atoms with E-state index in [1.54, 1.807) is 25.1 Å². The van der Waals surface area contributed by atoms with Crippen LogP contribution in [0.25, 0.3) is 0 Å². The zero-order valence-electron chi connectivity index (χ0n) is 25.8. The number of halogens is 1. The molecule has 1 fully saturated rings. The lowest BCUT2D eigenvalue weighted by Crippen LogP contribution is -2.50. The normalized spacial score (nSPS) is 29.8. The van der Waals surface area contributed by atoms with Gasteiger partial charge in [0.2, 0.25) is 10.0 Å². The molecule has 7 nitrogen and oxygen atoms in total. The van der Waals surface area contributed by atoms with Gasteiger partial charge in [-0.3, -0.25) is 4.79 Å². The van der Waals surface area contributed by atoms with Crippen molar-refractivity contribution < 1.29 is 23.1 Å². The number of aryl methyl sites for hydroxylation is 1. The molecular weight excluding hydrogens is 596 g/mol. The fraction of sp³-hybridized carbons (Fsp3) is 0.514. The number of aliphatic hydroxyl groups is 1. The van der Waals surface area contributed by atoms with Crippen molar-refractivity contribution in [2.24, 2.45) is 17.8 Å². The Labute approximate surface area is 267 Å². The van der Waals surface area contributed by atoms with Crippen LogP contribution in [-0.2, 0) is 23.1 Å². The topological polar surface area (TPSA) is 95.9 Å². The first-order chi connectivity index (χ1) is 21.0. The van der Waals surface area contributed by atoms with Crippen molar-refractivity contribution in [1.82, 2.24) is 4.72 Å². The van der Waals surface area contributed by atoms with Crippen LogP contribution in [0.1, 0.15) is 80.3 Å². The molecule has 2 aromatic carbocycles. The molecule has 1 aliphatic carbocycles. The highest BCUT2D eigenvalue weighted by molar-refractivity contribution is 7.90. The molecule has 2 aromatic rings. The third kappa shape index (κ3) is 7.19. The van der Waals surface area contributed by atoms with E-state index in [1.807, 2.05) is 43.4 Å². The molecule has 1 saturated carbocycles. The summed E-state index contributed by atoms with van der Waals surface area (Å²) in [7, 11) is -3.95. The second kappa shape index (κ2) is 13.7. The third-order valence-corrected chi connectivity index (χ3v) is 12.1. The van der Waals surface area contributed by atoms with Crippen LogP contribution in [0.4, 0.5) is 5.69 Å². The van der Waals surface area contributed by atoms with E-state index in [-0.39, 0.29) is 23.3 Å². The highest BCUT2D eigenvalue weighted by Crippen LogP contribution is 2.46. The van der Waals surface area contributed by atoms with Gasteiger partial charge in [-0.25, -0.2) is 13.1 Å². The first-order valence-corrected chi connectivity index (χ1v) is 17.8. The van der Waals surface area contributed by atoms with Crippen LogP contribution < -0.4 is 14.4 Å². The third-order valence-electron chi connectivity index (χ3n) is 9.94. The molecule has 0 aromatic heterocycles. The van der Waals surface area contributed by atoms with E-state index in [9.17, 15) is 18.3 Å². The fourth-order valence-corrected chi connectivity index (χ4v) is 8.28. The molecule has 44 heavy (non-hydrogen) atoms. The average molecular weight is 641 g/mol. The molecule has 9 heteroatoms. The maximum Gasteiger partial charge on any atom is 0.264 e. The van der Waals surface area contributed by atoms with Crippen LogP contribution in [0.5, 0.6) is 5.75 Å². The van der Waals surface area contributed by atoms with Gasteiger partial charge in [0.1, 0.15) is 12.4 Å². The van der Waals surface area contributed by atoms with Gasteiger partial charge in [-0.05, 0) is 118 Å². The number of nitrogens with one attached hydrogen (secondary N) is 1. The average Bonchev–Trinajstić information content (AvgIpc) is 3.00. The molecule has 2 N–H and O–H groups in total. The zero-order valence-corrected chi connectivity index (χ0v) is 27.4. The van der Waals surface area contributed by atoms with Crippen LogP contribution in [0, 0.1) is 17.8 Å². The monoisotopic (exact) mass is 640 g/mol. The second-order valence-electron chi connectivity index (χ2n) is 12.8. The number of hydrogen-bond donors (Lipinski definition) is 2. The van der Waals surface area contributed by atoms with E-state index in [1.165, 1.54) is 5.56 Å². The number of rotatable bonds is 3. The van der Waals surface area contributed by atoms with Crippen molar-refractivity contribution in [3.63, 3.8) is 0 Å². The first-order valence-electron chi connectivity index (χ1n) is 15.9. The van der Waals surface area contributed by atoms with Crippen molar-refractivity contribution in [3.8, 4) is 5.75 Å². The largest absolute Gasteiger partial charge is 0.487 e. The number of sulfonamides is 1. The Hall–Kier alpha value is -2.81. The number of hydrogen-bond acceptors (Lipinski definition) is 6. The van der Waals surface area contributed by atoms with Crippen molar-refractivity contribution in [2.75, 3.05) is 18.0 Å². The molecule has 2 heterocycles. The Morgan fingerprint density at radius 1 is 1.16 bits per heavy atom. The standard InChI is InChI=1S/C35H45ClN2O5S/c1-4-5-17-35(40)18-8-9-24(2)25(3)44(41,42)37-34(39)27-13-16-33-32(21-27)38(22-28-12-15-31(28)35)19-7-6-10-26-20-30(36)14-11-29(26)23-43-33/h4,8,11,13-14,16,18,20-21,24-25,28,31,40H,1,5-7,9-10,12,15,17,19,22-23H2,2-3H3,(H,37,39)/b18-8+/t24-,25+,28-,31+,35+/m0/s1. The lowest BCUT2D eigenvalue weighted by atomic mass is 9.63. The number of amides is 1. The summed E-state index contributed by atoms with van der Waals surface area (Å²) < 4.78 is 35.3. The number of ether oxygens (including phenoxy) is 1. The summed E-state index contributed by atoms with van der Waals surface area (Å²) in [4.78, 5) is 15.7. The van der Waals surface area contributed by atoms with E-state index in [0.29, 0.717) is 43.2 Å². The maximum absolute atomic E-state index is 13.4. The van der Waals surface area contributed by atoms with E-state index in [2.05, 4.69) is 16.2 Å². The van der Waals surface area contributed by atoms with E-state index < -0.39 is 26.8 Å². The van der Waals surface area contributed by atoms with Crippen LogP contribution >= 0.6 is 11.6 Å². The van der Waals surface area contributed by atoms with Crippen LogP contribution in [0.2, 0.25) is 5.02 Å². The summed E-state index contributed by atoms with van der Waals surface area (Å²) in [6.45, 7) is 9.14. The van der Waals surface area contributed by atoms with Gasteiger partial charge in [0.05, 0.1) is 16.5 Å². The number of allylic oxidation sites excluding steroid dienone is 2. The van der Waals surface area contributed by atoms with Gasteiger partial charge >= 0.3 is 0 Å². The summed E-state index contributed by atoms with van der Waals surface area (Å²) in [6, 6.07) is 11.1. The lowest BCUT2D eigenvalue weighted by Gasteiger charge is -2.48. The molecule has 3 aliphatic rings. The fourth-order valence-electron chi connectivity index (χ4n) is 6.80. The SMILES string of the molecule is C=CCC[C@@]1(O)/C=C/C[C@H](C)[C@@H](C)S(=O)(=O)NC(=O)c2ccc3c(c2)N(CCCCc2cc(Cl)ccc2CO3)C[C@@H]2CC[C@H]21. The minimum absolute atomic E-state index is 0.0588. The highest BCUT2D eigenvalue weighted by Gasteiger charge is 2.45. The van der Waals surface area contributed by atoms with Gasteiger partial charge in [0.25, 0.3) is 5.91 Å². The second-order valence-corrected chi connectivity index (χ2v) is 15.3. The number of carbonyl (C=O) groups is 1. The van der Waals surface area contributed by atoms with Crippen LogP contribution in [0.3, 0.4) is 0 Å². The molecule has 2 bridgehead atoms. The molecular formula is C35H45ClN2O5S. The molecule has 238 valence electrons. The Balaban J connectivity index is 1.57. The van der Waals surface area contributed by atoms with E-state index in [0.717, 1.165) is 49.9 Å². The van der Waals surface area contributed by atoms with Gasteiger partial charge < -0.3 is 14.7 Å². The summed E-state index contributed by atoms with van der Waals surface area (Å²) in [5.41, 5.74) is 2.25. The molecule has 5 atom stereocenters. The zero-order chi connectivity index (χ0) is 31.5. The number of nitrogens with zero attached hydrogens (tertiary/aromatic N) is 1. The van der Waals surface area contributed by atoms with Gasteiger partial charge in [-0.2, -0.15) is 0 Å². The van der Waals surface area contributed by atoms with E-state index in [4.69, 9.17) is 16.3 Å². The molecule has 0 saturated heterocycles. The molecule has 0 radical (unpaired) electrons. The summed E-state index contributed by atoms with van der Waals surface area (Å²) >= 11 is 6.33. The molecule has 0 unspecified atom stereocenters. The van der Waals surface area contributed by atoms with Gasteiger partial charge in [-0.15, -0.1) is 6.58 Å². The smallest absolute Gasteiger partial charge is 0.264 e. The van der Waals surface area contributed by atoms with Gasteiger partial charge in [-0.1, -0.05) is 42.8 Å². The van der Waals surface area contributed by atoms with Crippen molar-refractivity contribution in [3.05, 3.63) is 82.9 Å². The van der Waals surface area contributed by atoms with Gasteiger partial charge in [0.15, 0.2) is 0 Å². The van der Waals surface area contributed by atoms with Crippen LogP contribution in [-0.4, -0.2) is 43.4 Å². The quantitative estimate of drug-likeness (QED) is 0.357. The van der Waals surface area contributed by atoms with Crippen LogP contribution in [0.15, 0.2) is 61.2 Å². The van der Waals surface area contributed by atoms with Crippen molar-refractivity contribution in [2.45, 2.75) is 82.7 Å². The van der Waals surface area contributed by atoms with Crippen molar-refractivity contribution >= 4 is 33.2 Å². The number of anilines is 1. The summed E-state index contributed by atoms with van der Waals surface area (Å²) in [5.74, 6) is 0.0190. The maximum atomic E-state index is 13.4. The highest BCUT2D eigenvalue weighted by atomic mass is 35.5. The number of fused-ring (bicyclic) bond motifs is 3. The molecule has 1 amide bonds. The Morgan fingerprint density at radius 2 is 1.98 bits per heavy atom. The summed E-state index contributed by atoms with van der Waals surface area (Å²) in [5, 5.41) is 11.9. The number of carbonyl (C=O) groups excluding carboxylic acids is 1. The minimum atomic E-state index is -3.95. The Kier molecular flexibility index (Phi) is 10.1. The molecule has 2 aliphatic heterocycles. The molecule has 5 rings (SSSR count). The van der Waals surface area contributed by atoms with Gasteiger partial charge in [0, 0.05) is 23.7 Å².